The maximum atomic E-state index is 12.7. The zero-order valence-corrected chi connectivity index (χ0v) is 13.3. The number of aromatic nitrogens is 3. The van der Waals surface area contributed by atoms with Gasteiger partial charge in [-0.15, -0.1) is 0 Å². The number of carbonyl (C=O) groups excluding carboxylic acids is 1. The first-order valence-corrected chi connectivity index (χ1v) is 8.08. The number of pyridine rings is 1. The van der Waals surface area contributed by atoms with Gasteiger partial charge in [-0.3, -0.25) is 14.5 Å². The molecule has 2 heterocycles. The van der Waals surface area contributed by atoms with Gasteiger partial charge < -0.3 is 5.32 Å². The Hall–Kier alpha value is -2.83. The summed E-state index contributed by atoms with van der Waals surface area (Å²) < 4.78 is 26.7. The number of anilines is 1. The molecule has 2 atom stereocenters. The van der Waals surface area contributed by atoms with Crippen molar-refractivity contribution in [2.45, 2.75) is 25.3 Å². The molecule has 1 aliphatic carbocycles. The quantitative estimate of drug-likeness (QED) is 0.773. The average molecular weight is 342 g/mol. The van der Waals surface area contributed by atoms with E-state index >= 15 is 0 Å². The van der Waals surface area contributed by atoms with Crippen LogP contribution in [0, 0.1) is 5.92 Å². The van der Waals surface area contributed by atoms with E-state index in [9.17, 15) is 13.6 Å². The summed E-state index contributed by atoms with van der Waals surface area (Å²) in [5, 5.41) is 7.64. The topological polar surface area (TPSA) is 59.8 Å². The lowest BCUT2D eigenvalue weighted by Crippen LogP contribution is -2.16. The van der Waals surface area contributed by atoms with E-state index in [1.807, 2.05) is 12.1 Å². The summed E-state index contributed by atoms with van der Waals surface area (Å²) in [6, 6.07) is 10.8. The summed E-state index contributed by atoms with van der Waals surface area (Å²) in [4.78, 5) is 16.6. The number of halogens is 2. The second-order valence-electron chi connectivity index (χ2n) is 6.16. The standard InChI is InChI=1S/C18H16F2N4O/c19-16(20)10-24-15-6-2-1-5-12(15)17(23-24)22-18(25)14-8-13(14)11-4-3-7-21-9-11/h1-7,9,13-14,16H,8,10H2,(H,22,23,25)/t13-,14+/m0/s1. The molecule has 7 heteroatoms. The molecule has 0 bridgehead atoms. The Bertz CT molecular complexity index is 910. The molecule has 1 fully saturated rings. The third-order valence-electron chi connectivity index (χ3n) is 4.45. The number of hydrogen-bond donors (Lipinski definition) is 1. The van der Waals surface area contributed by atoms with Crippen LogP contribution in [0.1, 0.15) is 17.9 Å². The second-order valence-corrected chi connectivity index (χ2v) is 6.16. The molecule has 3 aromatic rings. The number of carbonyl (C=O) groups is 1. The Balaban J connectivity index is 1.54. The third kappa shape index (κ3) is 3.09. The molecule has 25 heavy (non-hydrogen) atoms. The molecule has 0 radical (unpaired) electrons. The van der Waals surface area contributed by atoms with E-state index in [0.717, 1.165) is 12.0 Å². The minimum atomic E-state index is -2.51. The molecule has 0 saturated heterocycles. The maximum Gasteiger partial charge on any atom is 0.257 e. The number of nitrogens with one attached hydrogen (secondary N) is 1. The first kappa shape index (κ1) is 15.7. The highest BCUT2D eigenvalue weighted by molar-refractivity contribution is 6.02. The number of alkyl halides is 2. The number of fused-ring (bicyclic) bond motifs is 1. The van der Waals surface area contributed by atoms with Crippen LogP contribution in [0.3, 0.4) is 0 Å². The predicted molar refractivity (Wildman–Crippen MR) is 89.5 cm³/mol. The molecule has 0 unspecified atom stereocenters. The lowest BCUT2D eigenvalue weighted by atomic mass is 10.1. The van der Waals surface area contributed by atoms with Gasteiger partial charge in [0.25, 0.3) is 6.43 Å². The fraction of sp³-hybridized carbons (Fsp3) is 0.278. The molecular formula is C18H16F2N4O. The fourth-order valence-electron chi connectivity index (χ4n) is 3.15. The van der Waals surface area contributed by atoms with Crippen LogP contribution in [0.5, 0.6) is 0 Å². The Kier molecular flexibility index (Phi) is 3.91. The molecule has 128 valence electrons. The van der Waals surface area contributed by atoms with Gasteiger partial charge in [0, 0.05) is 23.7 Å². The Labute approximate surface area is 142 Å². The molecule has 1 N–H and O–H groups in total. The number of para-hydroxylation sites is 1. The largest absolute Gasteiger partial charge is 0.308 e. The lowest BCUT2D eigenvalue weighted by Gasteiger charge is -2.03. The molecule has 1 saturated carbocycles. The van der Waals surface area contributed by atoms with Crippen LogP contribution in [0.4, 0.5) is 14.6 Å². The highest BCUT2D eigenvalue weighted by Crippen LogP contribution is 2.47. The molecule has 2 aromatic heterocycles. The Morgan fingerprint density at radius 1 is 1.28 bits per heavy atom. The van der Waals surface area contributed by atoms with Gasteiger partial charge in [0.2, 0.25) is 5.91 Å². The van der Waals surface area contributed by atoms with Crippen molar-refractivity contribution >= 4 is 22.6 Å². The first-order chi connectivity index (χ1) is 12.1. The summed E-state index contributed by atoms with van der Waals surface area (Å²) >= 11 is 0. The van der Waals surface area contributed by atoms with Crippen LogP contribution in [0.15, 0.2) is 48.8 Å². The molecule has 5 nitrogen and oxygen atoms in total. The molecule has 4 rings (SSSR count). The molecule has 0 spiro atoms. The van der Waals surface area contributed by atoms with E-state index in [-0.39, 0.29) is 17.7 Å². The SMILES string of the molecule is O=C(Nc1nn(CC(F)F)c2ccccc12)[C@@H]1C[C@H]1c1cccnc1. The third-order valence-corrected chi connectivity index (χ3v) is 4.45. The highest BCUT2D eigenvalue weighted by atomic mass is 19.3. The molecular weight excluding hydrogens is 326 g/mol. The van der Waals surface area contributed by atoms with Gasteiger partial charge in [-0.05, 0) is 36.1 Å². The minimum Gasteiger partial charge on any atom is -0.308 e. The number of benzene rings is 1. The molecule has 0 aliphatic heterocycles. The van der Waals surface area contributed by atoms with E-state index in [1.165, 1.54) is 4.68 Å². The fourth-order valence-corrected chi connectivity index (χ4v) is 3.15. The highest BCUT2D eigenvalue weighted by Gasteiger charge is 2.44. The minimum absolute atomic E-state index is 0.136. The van der Waals surface area contributed by atoms with E-state index < -0.39 is 13.0 Å². The maximum absolute atomic E-state index is 12.7. The number of amides is 1. The molecule has 1 aliphatic rings. The normalized spacial score (nSPS) is 19.3. The predicted octanol–water partition coefficient (Wildman–Crippen LogP) is 3.44. The second kappa shape index (κ2) is 6.23. The Morgan fingerprint density at radius 2 is 2.12 bits per heavy atom. The summed E-state index contributed by atoms with van der Waals surface area (Å²) in [7, 11) is 0. The molecule has 1 amide bonds. The smallest absolute Gasteiger partial charge is 0.257 e. The van der Waals surface area contributed by atoms with E-state index in [0.29, 0.717) is 16.7 Å². The van der Waals surface area contributed by atoms with Gasteiger partial charge in [-0.25, -0.2) is 8.78 Å². The van der Waals surface area contributed by atoms with Crippen molar-refractivity contribution in [3.05, 3.63) is 54.4 Å². The summed E-state index contributed by atoms with van der Waals surface area (Å²) in [6.45, 7) is -0.502. The van der Waals surface area contributed by atoms with Crippen molar-refractivity contribution in [3.8, 4) is 0 Å². The van der Waals surface area contributed by atoms with Crippen LogP contribution < -0.4 is 5.32 Å². The van der Waals surface area contributed by atoms with Gasteiger partial charge in [0.05, 0.1) is 5.52 Å². The van der Waals surface area contributed by atoms with Gasteiger partial charge in [-0.2, -0.15) is 5.10 Å². The van der Waals surface area contributed by atoms with Crippen molar-refractivity contribution in [2.24, 2.45) is 5.92 Å². The summed E-state index contributed by atoms with van der Waals surface area (Å²) in [5.41, 5.74) is 1.62. The van der Waals surface area contributed by atoms with Gasteiger partial charge in [-0.1, -0.05) is 18.2 Å². The number of rotatable bonds is 5. The molecule has 1 aromatic carbocycles. The van der Waals surface area contributed by atoms with Crippen LogP contribution in [-0.4, -0.2) is 27.1 Å². The van der Waals surface area contributed by atoms with E-state index in [2.05, 4.69) is 15.4 Å². The van der Waals surface area contributed by atoms with Crippen molar-refractivity contribution in [1.82, 2.24) is 14.8 Å². The number of nitrogens with zero attached hydrogens (tertiary/aromatic N) is 3. The summed E-state index contributed by atoms with van der Waals surface area (Å²) in [5.74, 6) is 0.214. The monoisotopic (exact) mass is 342 g/mol. The van der Waals surface area contributed by atoms with Crippen molar-refractivity contribution in [1.29, 1.82) is 0 Å². The average Bonchev–Trinajstić information content (AvgIpc) is 3.35. The van der Waals surface area contributed by atoms with Gasteiger partial charge in [0.15, 0.2) is 5.82 Å². The van der Waals surface area contributed by atoms with Gasteiger partial charge >= 0.3 is 0 Å². The first-order valence-electron chi connectivity index (χ1n) is 8.08. The van der Waals surface area contributed by atoms with E-state index in [4.69, 9.17) is 0 Å². The van der Waals surface area contributed by atoms with Crippen molar-refractivity contribution < 1.29 is 13.6 Å². The van der Waals surface area contributed by atoms with Crippen molar-refractivity contribution in [2.75, 3.05) is 5.32 Å². The van der Waals surface area contributed by atoms with E-state index in [1.54, 1.807) is 36.7 Å². The Morgan fingerprint density at radius 3 is 2.88 bits per heavy atom. The van der Waals surface area contributed by atoms with Crippen LogP contribution >= 0.6 is 0 Å². The van der Waals surface area contributed by atoms with Crippen LogP contribution in [0.2, 0.25) is 0 Å². The lowest BCUT2D eigenvalue weighted by molar-refractivity contribution is -0.117. The van der Waals surface area contributed by atoms with Crippen LogP contribution in [0.25, 0.3) is 10.9 Å². The number of hydrogen-bond acceptors (Lipinski definition) is 3. The van der Waals surface area contributed by atoms with Crippen molar-refractivity contribution in [3.63, 3.8) is 0 Å². The van der Waals surface area contributed by atoms with Gasteiger partial charge in [0.1, 0.15) is 6.54 Å². The zero-order chi connectivity index (χ0) is 17.4. The van der Waals surface area contributed by atoms with Crippen LogP contribution in [-0.2, 0) is 11.3 Å². The summed E-state index contributed by atoms with van der Waals surface area (Å²) in [6.07, 6.45) is 1.71. The zero-order valence-electron chi connectivity index (χ0n) is 13.3.